The number of nitrogens with zero attached hydrogens (tertiary/aromatic N) is 4. The fourth-order valence-electron chi connectivity index (χ4n) is 3.08. The van der Waals surface area contributed by atoms with Crippen LogP contribution >= 0.6 is 11.3 Å². The van der Waals surface area contributed by atoms with Crippen LogP contribution in [0.3, 0.4) is 0 Å². The summed E-state index contributed by atoms with van der Waals surface area (Å²) in [6.45, 7) is 3.76. The molecule has 1 unspecified atom stereocenters. The predicted molar refractivity (Wildman–Crippen MR) is 98.4 cm³/mol. The van der Waals surface area contributed by atoms with Crippen molar-refractivity contribution in [2.24, 2.45) is 0 Å². The summed E-state index contributed by atoms with van der Waals surface area (Å²) in [4.78, 5) is 14.6. The van der Waals surface area contributed by atoms with Crippen molar-refractivity contribution in [1.82, 2.24) is 14.9 Å². The minimum Gasteiger partial charge on any atom is -0.396 e. The van der Waals surface area contributed by atoms with Crippen LogP contribution in [0.1, 0.15) is 11.3 Å². The van der Waals surface area contributed by atoms with Crippen LogP contribution in [-0.2, 0) is 6.54 Å². The van der Waals surface area contributed by atoms with Gasteiger partial charge in [0.05, 0.1) is 0 Å². The Kier molecular flexibility index (Phi) is 5.49. The molecule has 130 valence electrons. The monoisotopic (exact) mass is 348 g/mol. The number of rotatable bonds is 6. The molecule has 2 aromatic rings. The molecule has 0 aromatic carbocycles. The lowest BCUT2D eigenvalue weighted by molar-refractivity contribution is 0.136. The number of nitrogen functional groups attached to an aromatic ring is 1. The summed E-state index contributed by atoms with van der Waals surface area (Å²) in [5.74, 6) is 1.83. The minimum absolute atomic E-state index is 0.188. The number of piperazine rings is 1. The number of aliphatic hydroxyl groups is 1. The van der Waals surface area contributed by atoms with Crippen molar-refractivity contribution in [3.05, 3.63) is 28.5 Å². The van der Waals surface area contributed by atoms with Crippen LogP contribution < -0.4 is 16.0 Å². The highest BCUT2D eigenvalue weighted by molar-refractivity contribution is 7.09. The SMILES string of the molecule is CNc1cc(N2CCN(Cc3cccs3)C(CCO)C2)nc(N)n1. The van der Waals surface area contributed by atoms with E-state index in [2.05, 4.69) is 42.6 Å². The summed E-state index contributed by atoms with van der Waals surface area (Å²) in [5.41, 5.74) is 5.81. The zero-order valence-electron chi connectivity index (χ0n) is 13.9. The Bertz CT molecular complexity index is 650. The lowest BCUT2D eigenvalue weighted by Gasteiger charge is -2.41. The molecule has 0 spiro atoms. The second kappa shape index (κ2) is 7.78. The Hall–Kier alpha value is -1.90. The van der Waals surface area contributed by atoms with E-state index in [9.17, 15) is 5.11 Å². The number of aromatic nitrogens is 2. The summed E-state index contributed by atoms with van der Waals surface area (Å²) in [6.07, 6.45) is 0.751. The topological polar surface area (TPSA) is 90.5 Å². The largest absolute Gasteiger partial charge is 0.396 e. The van der Waals surface area contributed by atoms with Crippen LogP contribution in [0.2, 0.25) is 0 Å². The van der Waals surface area contributed by atoms with Gasteiger partial charge >= 0.3 is 0 Å². The van der Waals surface area contributed by atoms with Crippen molar-refractivity contribution in [3.63, 3.8) is 0 Å². The van der Waals surface area contributed by atoms with Gasteiger partial charge in [0.1, 0.15) is 11.6 Å². The van der Waals surface area contributed by atoms with Crippen LogP contribution in [0, 0.1) is 0 Å². The number of hydrogen-bond donors (Lipinski definition) is 3. The molecule has 7 nitrogen and oxygen atoms in total. The fraction of sp³-hybridized carbons (Fsp3) is 0.500. The smallest absolute Gasteiger partial charge is 0.223 e. The molecule has 0 aliphatic carbocycles. The molecular formula is C16H24N6OS. The number of anilines is 3. The fourth-order valence-corrected chi connectivity index (χ4v) is 3.81. The van der Waals surface area contributed by atoms with Gasteiger partial charge in [0.25, 0.3) is 0 Å². The molecule has 1 atom stereocenters. The average molecular weight is 348 g/mol. The van der Waals surface area contributed by atoms with Crippen molar-refractivity contribution in [1.29, 1.82) is 0 Å². The number of aliphatic hydroxyl groups excluding tert-OH is 1. The van der Waals surface area contributed by atoms with Gasteiger partial charge in [-0.05, 0) is 17.9 Å². The number of thiophene rings is 1. The van der Waals surface area contributed by atoms with Gasteiger partial charge in [-0.3, -0.25) is 4.90 Å². The molecule has 1 saturated heterocycles. The number of nitrogens with one attached hydrogen (secondary N) is 1. The Morgan fingerprint density at radius 1 is 1.42 bits per heavy atom. The second-order valence-electron chi connectivity index (χ2n) is 5.88. The van der Waals surface area contributed by atoms with Crippen molar-refractivity contribution in [3.8, 4) is 0 Å². The summed E-state index contributed by atoms with van der Waals surface area (Å²) in [5, 5.41) is 14.6. The maximum atomic E-state index is 9.45. The van der Waals surface area contributed by atoms with E-state index in [1.54, 1.807) is 11.3 Å². The lowest BCUT2D eigenvalue weighted by Crippen LogP contribution is -2.53. The molecule has 8 heteroatoms. The van der Waals surface area contributed by atoms with Gasteiger partial charge in [-0.15, -0.1) is 11.3 Å². The van der Waals surface area contributed by atoms with E-state index in [4.69, 9.17) is 5.73 Å². The second-order valence-corrected chi connectivity index (χ2v) is 6.91. The molecule has 1 aliphatic heterocycles. The van der Waals surface area contributed by atoms with Crippen LogP contribution in [0.4, 0.5) is 17.6 Å². The van der Waals surface area contributed by atoms with Crippen LogP contribution in [0.25, 0.3) is 0 Å². The third-order valence-electron chi connectivity index (χ3n) is 4.32. The summed E-state index contributed by atoms with van der Waals surface area (Å²) in [7, 11) is 1.82. The molecule has 3 heterocycles. The van der Waals surface area contributed by atoms with Crippen molar-refractivity contribution < 1.29 is 5.11 Å². The quantitative estimate of drug-likeness (QED) is 0.723. The molecule has 0 bridgehead atoms. The zero-order valence-corrected chi connectivity index (χ0v) is 14.7. The predicted octanol–water partition coefficient (Wildman–Crippen LogP) is 1.24. The first-order chi connectivity index (χ1) is 11.7. The van der Waals surface area contributed by atoms with Gasteiger partial charge in [-0.2, -0.15) is 9.97 Å². The van der Waals surface area contributed by atoms with Crippen LogP contribution in [-0.4, -0.2) is 59.3 Å². The van der Waals surface area contributed by atoms with E-state index in [-0.39, 0.29) is 12.6 Å². The van der Waals surface area contributed by atoms with E-state index in [1.807, 2.05) is 13.1 Å². The number of nitrogens with two attached hydrogens (primary N) is 1. The van der Waals surface area contributed by atoms with E-state index in [0.29, 0.717) is 6.04 Å². The molecule has 3 rings (SSSR count). The molecule has 2 aromatic heterocycles. The minimum atomic E-state index is 0.188. The van der Waals surface area contributed by atoms with E-state index in [1.165, 1.54) is 4.88 Å². The first-order valence-electron chi connectivity index (χ1n) is 8.14. The van der Waals surface area contributed by atoms with Gasteiger partial charge in [-0.1, -0.05) is 6.07 Å². The third kappa shape index (κ3) is 3.95. The maximum absolute atomic E-state index is 9.45. The highest BCUT2D eigenvalue weighted by Gasteiger charge is 2.28. The van der Waals surface area contributed by atoms with Gasteiger partial charge in [0, 0.05) is 56.8 Å². The highest BCUT2D eigenvalue weighted by Crippen LogP contribution is 2.24. The number of hydrogen-bond acceptors (Lipinski definition) is 8. The summed E-state index contributed by atoms with van der Waals surface area (Å²) >= 11 is 1.78. The molecule has 0 amide bonds. The standard InChI is InChI=1S/C16H24N6OS/c1-18-14-9-15(20-16(17)19-14)22-6-5-21(12(10-22)4-7-23)11-13-3-2-8-24-13/h2-3,8-9,12,23H,4-7,10-11H2,1H3,(H3,17,18,19,20). The third-order valence-corrected chi connectivity index (χ3v) is 5.18. The van der Waals surface area contributed by atoms with Crippen LogP contribution in [0.15, 0.2) is 23.6 Å². The summed E-state index contributed by atoms with van der Waals surface area (Å²) < 4.78 is 0. The van der Waals surface area contributed by atoms with Gasteiger partial charge < -0.3 is 21.1 Å². The van der Waals surface area contributed by atoms with Gasteiger partial charge in [0.2, 0.25) is 5.95 Å². The molecule has 24 heavy (non-hydrogen) atoms. The Balaban J connectivity index is 1.73. The van der Waals surface area contributed by atoms with Crippen molar-refractivity contribution >= 4 is 28.9 Å². The zero-order chi connectivity index (χ0) is 16.9. The Morgan fingerprint density at radius 2 is 2.29 bits per heavy atom. The molecular weight excluding hydrogens is 324 g/mol. The molecule has 4 N–H and O–H groups in total. The maximum Gasteiger partial charge on any atom is 0.223 e. The normalized spacial score (nSPS) is 18.8. The average Bonchev–Trinajstić information content (AvgIpc) is 3.09. The Labute approximate surface area is 146 Å². The molecule has 0 radical (unpaired) electrons. The van der Waals surface area contributed by atoms with Gasteiger partial charge in [-0.25, -0.2) is 0 Å². The van der Waals surface area contributed by atoms with E-state index in [0.717, 1.165) is 44.2 Å². The van der Waals surface area contributed by atoms with E-state index >= 15 is 0 Å². The van der Waals surface area contributed by atoms with Crippen molar-refractivity contribution in [2.75, 3.05) is 49.2 Å². The summed E-state index contributed by atoms with van der Waals surface area (Å²) in [6, 6.07) is 6.46. The van der Waals surface area contributed by atoms with E-state index < -0.39 is 0 Å². The van der Waals surface area contributed by atoms with Crippen molar-refractivity contribution in [2.45, 2.75) is 19.0 Å². The Morgan fingerprint density at radius 3 is 3.00 bits per heavy atom. The molecule has 1 fully saturated rings. The first kappa shape index (κ1) is 16.9. The molecule has 1 aliphatic rings. The van der Waals surface area contributed by atoms with Crippen LogP contribution in [0.5, 0.6) is 0 Å². The lowest BCUT2D eigenvalue weighted by atomic mass is 10.1. The highest BCUT2D eigenvalue weighted by atomic mass is 32.1. The first-order valence-corrected chi connectivity index (χ1v) is 9.02. The van der Waals surface area contributed by atoms with Gasteiger partial charge in [0.15, 0.2) is 0 Å². The molecule has 0 saturated carbocycles.